The fourth-order valence-electron chi connectivity index (χ4n) is 2.79. The van der Waals surface area contributed by atoms with Crippen molar-refractivity contribution in [3.05, 3.63) is 47.7 Å². The van der Waals surface area contributed by atoms with Crippen molar-refractivity contribution in [1.82, 2.24) is 4.98 Å². The van der Waals surface area contributed by atoms with Crippen LogP contribution in [0.5, 0.6) is 0 Å². The molecule has 0 radical (unpaired) electrons. The topological polar surface area (TPSA) is 79.5 Å². The fraction of sp³-hybridized carbons (Fsp3) is 0.312. The molecular weight excluding hydrogens is 312 g/mol. The van der Waals surface area contributed by atoms with E-state index >= 15 is 0 Å². The second kappa shape index (κ2) is 5.82. The van der Waals surface area contributed by atoms with Gasteiger partial charge in [0.05, 0.1) is 4.90 Å². The van der Waals surface area contributed by atoms with Crippen LogP contribution in [-0.2, 0) is 23.0 Å². The summed E-state index contributed by atoms with van der Waals surface area (Å²) < 4.78 is 23.1. The molecule has 3 rings (SSSR count). The van der Waals surface area contributed by atoms with E-state index in [4.69, 9.17) is 5.14 Å². The zero-order chi connectivity index (χ0) is 16.6. The molecule has 7 heteroatoms. The summed E-state index contributed by atoms with van der Waals surface area (Å²) in [6.07, 6.45) is 2.70. The molecule has 0 spiro atoms. The van der Waals surface area contributed by atoms with E-state index in [1.165, 1.54) is 0 Å². The van der Waals surface area contributed by atoms with E-state index in [0.29, 0.717) is 6.54 Å². The van der Waals surface area contributed by atoms with E-state index < -0.39 is 10.0 Å². The number of fused-ring (bicyclic) bond motifs is 1. The number of benzene rings is 1. The van der Waals surface area contributed by atoms with Crippen LogP contribution < -0.4 is 14.9 Å². The Kier molecular flexibility index (Phi) is 3.99. The first-order valence-corrected chi connectivity index (χ1v) is 8.92. The van der Waals surface area contributed by atoms with Crippen LogP contribution >= 0.6 is 0 Å². The standard InChI is InChI=1S/C16H20N4O2S/c1-19(2)16-9-12(5-7-18-16)11-20-8-6-13-3-4-14(10-15(13)20)23(17,21)22/h3-5,7,9-10H,6,8,11H2,1-2H3,(H2,17,21,22). The Morgan fingerprint density at radius 1 is 1.26 bits per heavy atom. The maximum atomic E-state index is 11.6. The minimum absolute atomic E-state index is 0.159. The van der Waals surface area contributed by atoms with Crippen molar-refractivity contribution < 1.29 is 8.42 Å². The minimum Gasteiger partial charge on any atom is -0.367 e. The SMILES string of the molecule is CN(C)c1cc(CN2CCc3ccc(S(N)(=O)=O)cc32)ccn1. The van der Waals surface area contributed by atoms with Gasteiger partial charge in [-0.25, -0.2) is 18.5 Å². The third-order valence-electron chi connectivity index (χ3n) is 4.02. The maximum Gasteiger partial charge on any atom is 0.238 e. The fourth-order valence-corrected chi connectivity index (χ4v) is 3.32. The van der Waals surface area contributed by atoms with Gasteiger partial charge in [0.15, 0.2) is 0 Å². The van der Waals surface area contributed by atoms with E-state index in [1.54, 1.807) is 18.3 Å². The van der Waals surface area contributed by atoms with Gasteiger partial charge in [-0.15, -0.1) is 0 Å². The summed E-state index contributed by atoms with van der Waals surface area (Å²) in [4.78, 5) is 8.61. The highest BCUT2D eigenvalue weighted by molar-refractivity contribution is 7.89. The Balaban J connectivity index is 1.89. The number of rotatable bonds is 4. The Morgan fingerprint density at radius 3 is 2.74 bits per heavy atom. The molecule has 23 heavy (non-hydrogen) atoms. The van der Waals surface area contributed by atoms with Gasteiger partial charge in [0.25, 0.3) is 0 Å². The lowest BCUT2D eigenvalue weighted by Crippen LogP contribution is -2.21. The lowest BCUT2D eigenvalue weighted by atomic mass is 10.2. The van der Waals surface area contributed by atoms with Gasteiger partial charge >= 0.3 is 0 Å². The Labute approximate surface area is 136 Å². The predicted octanol–water partition coefficient (Wildman–Crippen LogP) is 1.36. The van der Waals surface area contributed by atoms with Gasteiger partial charge in [-0.1, -0.05) is 6.07 Å². The molecule has 6 nitrogen and oxygen atoms in total. The van der Waals surface area contributed by atoms with Crippen LogP contribution in [-0.4, -0.2) is 34.0 Å². The second-order valence-corrected chi connectivity index (χ2v) is 7.49. The molecule has 0 fully saturated rings. The third-order valence-corrected chi connectivity index (χ3v) is 4.93. The van der Waals surface area contributed by atoms with Crippen molar-refractivity contribution in [2.45, 2.75) is 17.9 Å². The summed E-state index contributed by atoms with van der Waals surface area (Å²) in [7, 11) is 0.226. The minimum atomic E-state index is -3.68. The van der Waals surface area contributed by atoms with Crippen LogP contribution in [0.15, 0.2) is 41.4 Å². The number of anilines is 2. The van der Waals surface area contributed by atoms with E-state index in [-0.39, 0.29) is 4.90 Å². The van der Waals surface area contributed by atoms with Crippen molar-refractivity contribution >= 4 is 21.5 Å². The number of aromatic nitrogens is 1. The largest absolute Gasteiger partial charge is 0.367 e. The molecule has 0 bridgehead atoms. The quantitative estimate of drug-likeness (QED) is 0.914. The molecular formula is C16H20N4O2S. The van der Waals surface area contributed by atoms with Crippen LogP contribution in [0.25, 0.3) is 0 Å². The number of sulfonamides is 1. The average Bonchev–Trinajstić information content (AvgIpc) is 2.89. The van der Waals surface area contributed by atoms with Gasteiger partial charge in [0, 0.05) is 39.1 Å². The summed E-state index contributed by atoms with van der Waals surface area (Å²) in [6, 6.07) is 9.13. The smallest absolute Gasteiger partial charge is 0.238 e. The molecule has 0 aliphatic carbocycles. The number of pyridine rings is 1. The van der Waals surface area contributed by atoms with E-state index in [2.05, 4.69) is 9.88 Å². The molecule has 1 aliphatic heterocycles. The van der Waals surface area contributed by atoms with Gasteiger partial charge in [0.1, 0.15) is 5.82 Å². The summed E-state index contributed by atoms with van der Waals surface area (Å²) in [5.74, 6) is 0.903. The molecule has 0 atom stereocenters. The van der Waals surface area contributed by atoms with Gasteiger partial charge < -0.3 is 9.80 Å². The van der Waals surface area contributed by atoms with Crippen molar-refractivity contribution in [1.29, 1.82) is 0 Å². The van der Waals surface area contributed by atoms with E-state index in [0.717, 1.165) is 35.6 Å². The van der Waals surface area contributed by atoms with Crippen molar-refractivity contribution in [3.8, 4) is 0 Å². The van der Waals surface area contributed by atoms with Crippen LogP contribution in [0, 0.1) is 0 Å². The summed E-state index contributed by atoms with van der Waals surface area (Å²) in [5, 5.41) is 5.24. The van der Waals surface area contributed by atoms with Gasteiger partial charge in [-0.05, 0) is 41.8 Å². The van der Waals surface area contributed by atoms with Crippen molar-refractivity contribution in [2.75, 3.05) is 30.4 Å². The Morgan fingerprint density at radius 2 is 2.04 bits per heavy atom. The predicted molar refractivity (Wildman–Crippen MR) is 91.1 cm³/mol. The number of nitrogens with two attached hydrogens (primary N) is 1. The normalized spacial score (nSPS) is 14.0. The highest BCUT2D eigenvalue weighted by Gasteiger charge is 2.21. The molecule has 1 aliphatic rings. The first-order valence-electron chi connectivity index (χ1n) is 7.37. The lowest BCUT2D eigenvalue weighted by molar-refractivity contribution is 0.598. The first-order chi connectivity index (χ1) is 10.8. The highest BCUT2D eigenvalue weighted by Crippen LogP contribution is 2.31. The summed E-state index contributed by atoms with van der Waals surface area (Å²) in [6.45, 7) is 1.58. The summed E-state index contributed by atoms with van der Waals surface area (Å²) >= 11 is 0. The zero-order valence-electron chi connectivity index (χ0n) is 13.2. The van der Waals surface area contributed by atoms with Crippen molar-refractivity contribution in [2.24, 2.45) is 5.14 Å². The van der Waals surface area contributed by atoms with Crippen LogP contribution in [0.4, 0.5) is 11.5 Å². The number of nitrogens with zero attached hydrogens (tertiary/aromatic N) is 3. The molecule has 1 aromatic heterocycles. The first kappa shape index (κ1) is 15.8. The molecule has 2 N–H and O–H groups in total. The molecule has 1 aromatic carbocycles. The number of hydrogen-bond acceptors (Lipinski definition) is 5. The number of primary sulfonamides is 1. The average molecular weight is 332 g/mol. The van der Waals surface area contributed by atoms with Gasteiger partial charge in [0.2, 0.25) is 10.0 Å². The highest BCUT2D eigenvalue weighted by atomic mass is 32.2. The van der Waals surface area contributed by atoms with Crippen LogP contribution in [0.1, 0.15) is 11.1 Å². The summed E-state index contributed by atoms with van der Waals surface area (Å²) in [5.41, 5.74) is 3.23. The molecule has 122 valence electrons. The Hall–Kier alpha value is -2.12. The lowest BCUT2D eigenvalue weighted by Gasteiger charge is -2.21. The maximum absolute atomic E-state index is 11.6. The Bertz CT molecular complexity index is 834. The van der Waals surface area contributed by atoms with E-state index in [9.17, 15) is 8.42 Å². The monoisotopic (exact) mass is 332 g/mol. The van der Waals surface area contributed by atoms with Crippen molar-refractivity contribution in [3.63, 3.8) is 0 Å². The molecule has 2 aromatic rings. The molecule has 2 heterocycles. The van der Waals surface area contributed by atoms with Gasteiger partial charge in [-0.3, -0.25) is 0 Å². The molecule has 0 amide bonds. The second-order valence-electron chi connectivity index (χ2n) is 5.92. The number of hydrogen-bond donors (Lipinski definition) is 1. The molecule has 0 unspecified atom stereocenters. The molecule has 0 saturated carbocycles. The van der Waals surface area contributed by atoms with Gasteiger partial charge in [-0.2, -0.15) is 0 Å². The molecule has 0 saturated heterocycles. The zero-order valence-corrected chi connectivity index (χ0v) is 14.0. The van der Waals surface area contributed by atoms with Crippen LogP contribution in [0.3, 0.4) is 0 Å². The third kappa shape index (κ3) is 3.30. The van der Waals surface area contributed by atoms with Crippen LogP contribution in [0.2, 0.25) is 0 Å². The van der Waals surface area contributed by atoms with E-state index in [1.807, 2.05) is 37.2 Å².